The van der Waals surface area contributed by atoms with Gasteiger partial charge in [0.2, 0.25) is 0 Å². The van der Waals surface area contributed by atoms with Gasteiger partial charge < -0.3 is 9.72 Å². The molecule has 120 valence electrons. The molecule has 2 amide bonds. The lowest BCUT2D eigenvalue weighted by Gasteiger charge is -2.08. The lowest BCUT2D eigenvalue weighted by Crippen LogP contribution is -2.43. The van der Waals surface area contributed by atoms with E-state index in [1.807, 2.05) is 6.92 Å². The van der Waals surface area contributed by atoms with Gasteiger partial charge in [-0.1, -0.05) is 6.92 Å². The Hall–Kier alpha value is -3.09. The molecular formula is C16H17N3O4. The summed E-state index contributed by atoms with van der Waals surface area (Å²) in [6, 6.07) is 9.40. The average Bonchev–Trinajstić information content (AvgIpc) is 2.58. The Morgan fingerprint density at radius 2 is 1.78 bits per heavy atom. The van der Waals surface area contributed by atoms with Crippen molar-refractivity contribution in [3.05, 3.63) is 64.1 Å². The SMILES string of the molecule is CCCOc1ccc(C(=O)NNC(=O)c2ccc[nH]c2=O)cc1. The first-order valence-corrected chi connectivity index (χ1v) is 7.13. The summed E-state index contributed by atoms with van der Waals surface area (Å²) < 4.78 is 5.42. The monoisotopic (exact) mass is 315 g/mol. The minimum Gasteiger partial charge on any atom is -0.494 e. The number of nitrogens with one attached hydrogen (secondary N) is 3. The smallest absolute Gasteiger partial charge is 0.275 e. The van der Waals surface area contributed by atoms with E-state index in [9.17, 15) is 14.4 Å². The largest absolute Gasteiger partial charge is 0.494 e. The van der Waals surface area contributed by atoms with E-state index in [0.717, 1.165) is 6.42 Å². The highest BCUT2D eigenvalue weighted by Crippen LogP contribution is 2.12. The van der Waals surface area contributed by atoms with Crippen molar-refractivity contribution in [1.29, 1.82) is 0 Å². The van der Waals surface area contributed by atoms with Crippen LogP contribution in [-0.4, -0.2) is 23.4 Å². The minimum atomic E-state index is -0.692. The maximum absolute atomic E-state index is 11.9. The lowest BCUT2D eigenvalue weighted by atomic mass is 10.2. The van der Waals surface area contributed by atoms with Crippen molar-refractivity contribution in [3.63, 3.8) is 0 Å². The van der Waals surface area contributed by atoms with Crippen LogP contribution in [0.5, 0.6) is 5.75 Å². The molecule has 23 heavy (non-hydrogen) atoms. The molecule has 7 nitrogen and oxygen atoms in total. The van der Waals surface area contributed by atoms with Crippen LogP contribution < -0.4 is 21.1 Å². The van der Waals surface area contributed by atoms with E-state index in [2.05, 4.69) is 15.8 Å². The van der Waals surface area contributed by atoms with Gasteiger partial charge in [-0.25, -0.2) is 0 Å². The zero-order chi connectivity index (χ0) is 16.7. The molecule has 0 saturated carbocycles. The van der Waals surface area contributed by atoms with Gasteiger partial charge in [-0.15, -0.1) is 0 Å². The molecule has 7 heteroatoms. The number of benzene rings is 1. The Kier molecular flexibility index (Phi) is 5.51. The number of carbonyl (C=O) groups is 2. The van der Waals surface area contributed by atoms with Gasteiger partial charge in [0, 0.05) is 11.8 Å². The van der Waals surface area contributed by atoms with Crippen molar-refractivity contribution in [2.45, 2.75) is 13.3 Å². The van der Waals surface area contributed by atoms with E-state index in [4.69, 9.17) is 4.74 Å². The average molecular weight is 315 g/mol. The van der Waals surface area contributed by atoms with Crippen LogP contribution in [0.25, 0.3) is 0 Å². The predicted octanol–water partition coefficient (Wildman–Crippen LogP) is 1.24. The summed E-state index contributed by atoms with van der Waals surface area (Å²) in [7, 11) is 0. The fourth-order valence-electron chi connectivity index (χ4n) is 1.78. The number of ether oxygens (including phenoxy) is 1. The second kappa shape index (κ2) is 7.79. The quantitative estimate of drug-likeness (QED) is 0.723. The molecule has 0 saturated heterocycles. The van der Waals surface area contributed by atoms with Crippen LogP contribution in [-0.2, 0) is 0 Å². The standard InChI is InChI=1S/C16H17N3O4/c1-2-10-23-12-7-5-11(6-8-12)14(20)18-19-16(22)13-4-3-9-17-15(13)21/h3-9H,2,10H2,1H3,(H,17,21)(H,18,20)(H,19,22). The number of aromatic amines is 1. The summed E-state index contributed by atoms with van der Waals surface area (Å²) in [6.07, 6.45) is 2.31. The van der Waals surface area contributed by atoms with E-state index in [0.29, 0.717) is 17.9 Å². The molecule has 1 aromatic heterocycles. The summed E-state index contributed by atoms with van der Waals surface area (Å²) in [5.41, 5.74) is 4.19. The molecule has 0 atom stereocenters. The first-order chi connectivity index (χ1) is 11.1. The molecule has 2 rings (SSSR count). The van der Waals surface area contributed by atoms with Crippen LogP contribution in [0.2, 0.25) is 0 Å². The summed E-state index contributed by atoms with van der Waals surface area (Å²) in [5.74, 6) is -0.515. The van der Waals surface area contributed by atoms with Crippen molar-refractivity contribution in [3.8, 4) is 5.75 Å². The number of carbonyl (C=O) groups excluding carboxylic acids is 2. The molecule has 0 aliphatic rings. The van der Waals surface area contributed by atoms with Crippen LogP contribution in [0.15, 0.2) is 47.4 Å². The third-order valence-corrected chi connectivity index (χ3v) is 2.94. The van der Waals surface area contributed by atoms with Crippen LogP contribution in [0, 0.1) is 0 Å². The summed E-state index contributed by atoms with van der Waals surface area (Å²) >= 11 is 0. The van der Waals surface area contributed by atoms with Gasteiger partial charge in [-0.3, -0.25) is 25.2 Å². The van der Waals surface area contributed by atoms with Gasteiger partial charge in [-0.2, -0.15) is 0 Å². The number of hydrogen-bond donors (Lipinski definition) is 3. The Morgan fingerprint density at radius 1 is 1.09 bits per heavy atom. The fourth-order valence-corrected chi connectivity index (χ4v) is 1.78. The molecule has 0 spiro atoms. The first kappa shape index (κ1) is 16.3. The van der Waals surface area contributed by atoms with Gasteiger partial charge in [0.05, 0.1) is 6.61 Å². The fraction of sp³-hybridized carbons (Fsp3) is 0.188. The van der Waals surface area contributed by atoms with Crippen molar-refractivity contribution in [1.82, 2.24) is 15.8 Å². The highest BCUT2D eigenvalue weighted by atomic mass is 16.5. The van der Waals surface area contributed by atoms with E-state index in [1.165, 1.54) is 18.3 Å². The van der Waals surface area contributed by atoms with E-state index < -0.39 is 17.4 Å². The van der Waals surface area contributed by atoms with E-state index in [-0.39, 0.29) is 5.56 Å². The highest BCUT2D eigenvalue weighted by molar-refractivity contribution is 5.98. The molecule has 0 unspecified atom stereocenters. The van der Waals surface area contributed by atoms with Gasteiger partial charge >= 0.3 is 0 Å². The third-order valence-electron chi connectivity index (χ3n) is 2.94. The molecule has 0 aliphatic carbocycles. The van der Waals surface area contributed by atoms with Crippen molar-refractivity contribution < 1.29 is 14.3 Å². The summed E-state index contributed by atoms with van der Waals surface area (Å²) in [5, 5.41) is 0. The highest BCUT2D eigenvalue weighted by Gasteiger charge is 2.11. The van der Waals surface area contributed by atoms with Crippen LogP contribution >= 0.6 is 0 Å². The van der Waals surface area contributed by atoms with E-state index >= 15 is 0 Å². The number of hydrazine groups is 1. The van der Waals surface area contributed by atoms with Crippen LogP contribution in [0.4, 0.5) is 0 Å². The van der Waals surface area contributed by atoms with Crippen LogP contribution in [0.3, 0.4) is 0 Å². The Labute approximate surface area is 132 Å². The number of rotatable bonds is 5. The molecule has 0 aliphatic heterocycles. The molecule has 1 aromatic carbocycles. The molecule has 0 bridgehead atoms. The number of H-pyrrole nitrogens is 1. The maximum Gasteiger partial charge on any atom is 0.275 e. The summed E-state index contributed by atoms with van der Waals surface area (Å²) in [4.78, 5) is 37.6. The third kappa shape index (κ3) is 4.44. The van der Waals surface area contributed by atoms with Gasteiger partial charge in [0.1, 0.15) is 11.3 Å². The molecule has 1 heterocycles. The Morgan fingerprint density at radius 3 is 2.43 bits per heavy atom. The van der Waals surface area contributed by atoms with Crippen LogP contribution in [0.1, 0.15) is 34.1 Å². The van der Waals surface area contributed by atoms with Gasteiger partial charge in [-0.05, 0) is 42.8 Å². The second-order valence-corrected chi connectivity index (χ2v) is 4.69. The molecule has 0 radical (unpaired) electrons. The van der Waals surface area contributed by atoms with E-state index in [1.54, 1.807) is 24.3 Å². The normalized spacial score (nSPS) is 9.96. The van der Waals surface area contributed by atoms with Crippen molar-refractivity contribution in [2.75, 3.05) is 6.61 Å². The molecule has 2 aromatic rings. The molecular weight excluding hydrogens is 298 g/mol. The summed E-state index contributed by atoms with van der Waals surface area (Å²) in [6.45, 7) is 2.61. The van der Waals surface area contributed by atoms with Gasteiger partial charge in [0.15, 0.2) is 0 Å². The van der Waals surface area contributed by atoms with Crippen molar-refractivity contribution >= 4 is 11.8 Å². The second-order valence-electron chi connectivity index (χ2n) is 4.69. The Balaban J connectivity index is 1.93. The topological polar surface area (TPSA) is 100 Å². The number of pyridine rings is 1. The predicted molar refractivity (Wildman–Crippen MR) is 84.2 cm³/mol. The lowest BCUT2D eigenvalue weighted by molar-refractivity contribution is 0.0845. The zero-order valence-corrected chi connectivity index (χ0v) is 12.6. The number of amides is 2. The minimum absolute atomic E-state index is 0.0869. The molecule has 0 fully saturated rings. The first-order valence-electron chi connectivity index (χ1n) is 7.13. The maximum atomic E-state index is 11.9. The zero-order valence-electron chi connectivity index (χ0n) is 12.6. The Bertz CT molecular complexity index is 737. The van der Waals surface area contributed by atoms with Gasteiger partial charge in [0.25, 0.3) is 17.4 Å². The molecule has 3 N–H and O–H groups in total. The van der Waals surface area contributed by atoms with Crippen molar-refractivity contribution in [2.24, 2.45) is 0 Å². The number of hydrogen-bond acceptors (Lipinski definition) is 4. The number of aromatic nitrogens is 1.